The third kappa shape index (κ3) is 2.10. The summed E-state index contributed by atoms with van der Waals surface area (Å²) in [7, 11) is 0. The highest BCUT2D eigenvalue weighted by atomic mass is 16.4. The highest BCUT2D eigenvalue weighted by Gasteiger charge is 2.08. The second kappa shape index (κ2) is 4.28. The van der Waals surface area contributed by atoms with E-state index >= 15 is 0 Å². The van der Waals surface area contributed by atoms with Gasteiger partial charge in [-0.05, 0) is 36.2 Å². The van der Waals surface area contributed by atoms with Crippen molar-refractivity contribution >= 4 is 16.9 Å². The van der Waals surface area contributed by atoms with Gasteiger partial charge in [-0.15, -0.1) is 0 Å². The van der Waals surface area contributed by atoms with Crippen molar-refractivity contribution in [2.24, 2.45) is 0 Å². The van der Waals surface area contributed by atoms with Crippen LogP contribution in [0.2, 0.25) is 0 Å². The first kappa shape index (κ1) is 11.5. The van der Waals surface area contributed by atoms with E-state index in [0.29, 0.717) is 0 Å². The van der Waals surface area contributed by atoms with E-state index in [1.807, 2.05) is 18.2 Å². The van der Waals surface area contributed by atoms with Crippen molar-refractivity contribution in [3.05, 3.63) is 59.8 Å². The van der Waals surface area contributed by atoms with E-state index in [9.17, 15) is 4.79 Å². The van der Waals surface area contributed by atoms with E-state index < -0.39 is 5.97 Å². The number of nitrogens with one attached hydrogen (secondary N) is 1. The number of carbonyl (C=O) groups is 1. The summed E-state index contributed by atoms with van der Waals surface area (Å²) >= 11 is 0. The van der Waals surface area contributed by atoms with Crippen molar-refractivity contribution in [1.82, 2.24) is 4.98 Å². The van der Waals surface area contributed by atoms with Crippen LogP contribution < -0.4 is 0 Å². The Hall–Kier alpha value is -2.55. The predicted octanol–water partition coefficient (Wildman–Crippen LogP) is 3.84. The molecule has 3 nitrogen and oxygen atoms in total. The molecular weight excluding hydrogens is 238 g/mol. The quantitative estimate of drug-likeness (QED) is 0.727. The fourth-order valence-electron chi connectivity index (χ4n) is 2.17. The van der Waals surface area contributed by atoms with Gasteiger partial charge in [0.1, 0.15) is 5.69 Å². The van der Waals surface area contributed by atoms with Gasteiger partial charge in [-0.25, -0.2) is 4.79 Å². The van der Waals surface area contributed by atoms with E-state index in [4.69, 9.17) is 5.11 Å². The van der Waals surface area contributed by atoms with Crippen molar-refractivity contribution in [1.29, 1.82) is 0 Å². The Bertz CT molecular complexity index is 754. The maximum atomic E-state index is 10.9. The fraction of sp³-hybridized carbons (Fsp3) is 0.0625. The van der Waals surface area contributed by atoms with Gasteiger partial charge < -0.3 is 10.1 Å². The first-order valence-corrected chi connectivity index (χ1v) is 6.06. The van der Waals surface area contributed by atoms with E-state index in [-0.39, 0.29) is 5.69 Å². The van der Waals surface area contributed by atoms with Gasteiger partial charge in [-0.3, -0.25) is 0 Å². The molecule has 0 aliphatic carbocycles. The van der Waals surface area contributed by atoms with Crippen LogP contribution in [0.25, 0.3) is 22.0 Å². The molecule has 3 rings (SSSR count). The number of rotatable bonds is 2. The molecule has 94 valence electrons. The second-order valence-electron chi connectivity index (χ2n) is 4.66. The molecule has 0 aliphatic rings. The van der Waals surface area contributed by atoms with Crippen LogP contribution in [-0.4, -0.2) is 16.1 Å². The van der Waals surface area contributed by atoms with E-state index in [1.54, 1.807) is 6.07 Å². The molecule has 0 atom stereocenters. The number of aromatic nitrogens is 1. The Labute approximate surface area is 110 Å². The molecule has 0 fully saturated rings. The molecule has 1 aromatic heterocycles. The number of H-pyrrole nitrogens is 1. The largest absolute Gasteiger partial charge is 0.477 e. The highest BCUT2D eigenvalue weighted by Crippen LogP contribution is 2.25. The molecule has 2 N–H and O–H groups in total. The van der Waals surface area contributed by atoms with Crippen LogP contribution in [0.1, 0.15) is 16.1 Å². The van der Waals surface area contributed by atoms with Gasteiger partial charge in [-0.2, -0.15) is 0 Å². The molecule has 2 aromatic carbocycles. The molecule has 0 saturated carbocycles. The van der Waals surface area contributed by atoms with Crippen molar-refractivity contribution in [2.45, 2.75) is 6.92 Å². The molecular formula is C16H13NO2. The third-order valence-electron chi connectivity index (χ3n) is 3.24. The lowest BCUT2D eigenvalue weighted by Crippen LogP contribution is -1.94. The Kier molecular flexibility index (Phi) is 2.60. The maximum Gasteiger partial charge on any atom is 0.352 e. The number of carboxylic acid groups (broad SMARTS) is 1. The van der Waals surface area contributed by atoms with Crippen molar-refractivity contribution in [3.63, 3.8) is 0 Å². The Morgan fingerprint density at radius 3 is 2.37 bits per heavy atom. The van der Waals surface area contributed by atoms with Gasteiger partial charge in [0.25, 0.3) is 0 Å². The average molecular weight is 251 g/mol. The number of benzene rings is 2. The SMILES string of the molecule is Cc1ccc(-c2ccc3[nH]c(C(=O)O)cc3c2)cc1. The topological polar surface area (TPSA) is 53.1 Å². The number of hydrogen-bond acceptors (Lipinski definition) is 1. The fourth-order valence-corrected chi connectivity index (χ4v) is 2.17. The van der Waals surface area contributed by atoms with Gasteiger partial charge in [0.2, 0.25) is 0 Å². The minimum Gasteiger partial charge on any atom is -0.477 e. The number of aromatic carboxylic acids is 1. The zero-order valence-corrected chi connectivity index (χ0v) is 10.5. The van der Waals surface area contributed by atoms with Crippen LogP contribution in [0.4, 0.5) is 0 Å². The predicted molar refractivity (Wildman–Crippen MR) is 75.4 cm³/mol. The maximum absolute atomic E-state index is 10.9. The molecule has 0 saturated heterocycles. The second-order valence-corrected chi connectivity index (χ2v) is 4.66. The molecule has 1 heterocycles. The molecule has 3 heteroatoms. The van der Waals surface area contributed by atoms with E-state index in [0.717, 1.165) is 22.0 Å². The first-order valence-electron chi connectivity index (χ1n) is 6.06. The number of aromatic amines is 1. The lowest BCUT2D eigenvalue weighted by molar-refractivity contribution is 0.0691. The average Bonchev–Trinajstić information content (AvgIpc) is 2.82. The van der Waals surface area contributed by atoms with Crippen LogP contribution >= 0.6 is 0 Å². The van der Waals surface area contributed by atoms with Gasteiger partial charge in [0.15, 0.2) is 0 Å². The smallest absolute Gasteiger partial charge is 0.352 e. The van der Waals surface area contributed by atoms with Gasteiger partial charge >= 0.3 is 5.97 Å². The van der Waals surface area contributed by atoms with Gasteiger partial charge in [0.05, 0.1) is 0 Å². The van der Waals surface area contributed by atoms with Crippen molar-refractivity contribution in [3.8, 4) is 11.1 Å². The molecule has 19 heavy (non-hydrogen) atoms. The standard InChI is InChI=1S/C16H13NO2/c1-10-2-4-11(5-3-10)12-6-7-14-13(8-12)9-15(17-14)16(18)19/h2-9,17H,1H3,(H,18,19). The monoisotopic (exact) mass is 251 g/mol. The molecule has 0 bridgehead atoms. The normalized spacial score (nSPS) is 10.8. The lowest BCUT2D eigenvalue weighted by Gasteiger charge is -2.02. The lowest BCUT2D eigenvalue weighted by atomic mass is 10.0. The van der Waals surface area contributed by atoms with Crippen LogP contribution in [-0.2, 0) is 0 Å². The molecule has 3 aromatic rings. The van der Waals surface area contributed by atoms with E-state index in [1.165, 1.54) is 5.56 Å². The van der Waals surface area contributed by atoms with Crippen LogP contribution in [0, 0.1) is 6.92 Å². The first-order chi connectivity index (χ1) is 9.13. The summed E-state index contributed by atoms with van der Waals surface area (Å²) in [5, 5.41) is 9.88. The summed E-state index contributed by atoms with van der Waals surface area (Å²) in [6, 6.07) is 15.9. The van der Waals surface area contributed by atoms with Gasteiger partial charge in [-0.1, -0.05) is 35.9 Å². The van der Waals surface area contributed by atoms with Crippen molar-refractivity contribution < 1.29 is 9.90 Å². The summed E-state index contributed by atoms with van der Waals surface area (Å²) in [4.78, 5) is 13.8. The summed E-state index contributed by atoms with van der Waals surface area (Å²) in [6.07, 6.45) is 0. The summed E-state index contributed by atoms with van der Waals surface area (Å²) in [6.45, 7) is 2.05. The highest BCUT2D eigenvalue weighted by molar-refractivity contribution is 5.95. The van der Waals surface area contributed by atoms with E-state index in [2.05, 4.69) is 36.2 Å². The minimum atomic E-state index is -0.937. The Balaban J connectivity index is 2.10. The van der Waals surface area contributed by atoms with Crippen LogP contribution in [0.5, 0.6) is 0 Å². The molecule has 0 spiro atoms. The molecule has 0 amide bonds. The zero-order valence-electron chi connectivity index (χ0n) is 10.5. The summed E-state index contributed by atoms with van der Waals surface area (Å²) < 4.78 is 0. The molecule has 0 unspecified atom stereocenters. The number of fused-ring (bicyclic) bond motifs is 1. The van der Waals surface area contributed by atoms with Crippen LogP contribution in [0.3, 0.4) is 0 Å². The van der Waals surface area contributed by atoms with Crippen molar-refractivity contribution in [2.75, 3.05) is 0 Å². The third-order valence-corrected chi connectivity index (χ3v) is 3.24. The van der Waals surface area contributed by atoms with Gasteiger partial charge in [0, 0.05) is 10.9 Å². The number of hydrogen-bond donors (Lipinski definition) is 2. The Morgan fingerprint density at radius 1 is 1.00 bits per heavy atom. The van der Waals surface area contributed by atoms with Crippen LogP contribution in [0.15, 0.2) is 48.5 Å². The minimum absolute atomic E-state index is 0.219. The summed E-state index contributed by atoms with van der Waals surface area (Å²) in [5.41, 5.74) is 4.50. The zero-order chi connectivity index (χ0) is 13.4. The molecule has 0 radical (unpaired) electrons. The number of carboxylic acids is 1. The molecule has 0 aliphatic heterocycles. The Morgan fingerprint density at radius 2 is 1.68 bits per heavy atom. The summed E-state index contributed by atoms with van der Waals surface area (Å²) in [5.74, 6) is -0.937. The number of aryl methyl sites for hydroxylation is 1.